The van der Waals surface area contributed by atoms with Crippen LogP contribution in [0, 0.1) is 0 Å². The molecule has 1 aliphatic heterocycles. The molecule has 0 bridgehead atoms. The van der Waals surface area contributed by atoms with E-state index < -0.39 is 17.6 Å². The van der Waals surface area contributed by atoms with E-state index in [2.05, 4.69) is 20.4 Å². The Hall–Kier alpha value is -2.27. The number of nitrogens with one attached hydrogen (secondary N) is 1. The quantitative estimate of drug-likeness (QED) is 0.692. The highest BCUT2D eigenvalue weighted by atomic mass is 32.2. The minimum atomic E-state index is -4.57. The number of likely N-dealkylation sites (N-methyl/N-ethyl adjacent to an activating group) is 1. The van der Waals surface area contributed by atoms with Gasteiger partial charge < -0.3 is 19.7 Å². The van der Waals surface area contributed by atoms with Gasteiger partial charge in [-0.15, -0.1) is 10.2 Å². The molecule has 1 aromatic heterocycles. The summed E-state index contributed by atoms with van der Waals surface area (Å²) in [6, 6.07) is 4.18. The van der Waals surface area contributed by atoms with Gasteiger partial charge in [0.2, 0.25) is 5.91 Å². The number of halogens is 3. The molecule has 0 unspecified atom stereocenters. The number of benzene rings is 1. The molecule has 1 aromatic carbocycles. The van der Waals surface area contributed by atoms with E-state index in [0.29, 0.717) is 23.9 Å². The van der Waals surface area contributed by atoms with Crippen LogP contribution in [0.4, 0.5) is 24.5 Å². The second-order valence-electron chi connectivity index (χ2n) is 7.47. The van der Waals surface area contributed by atoms with Gasteiger partial charge in [-0.3, -0.25) is 4.79 Å². The van der Waals surface area contributed by atoms with Crippen LogP contribution in [0.2, 0.25) is 0 Å². The molecule has 1 N–H and O–H groups in total. The predicted octanol–water partition coefficient (Wildman–Crippen LogP) is 3.36. The molecular weight excluding hydrogens is 417 g/mol. The van der Waals surface area contributed by atoms with Crippen molar-refractivity contribution in [2.75, 3.05) is 49.2 Å². The van der Waals surface area contributed by atoms with E-state index in [9.17, 15) is 18.0 Å². The highest BCUT2D eigenvalue weighted by molar-refractivity contribution is 7.99. The van der Waals surface area contributed by atoms with Crippen LogP contribution < -0.4 is 10.2 Å². The van der Waals surface area contributed by atoms with Crippen molar-refractivity contribution in [2.24, 2.45) is 0 Å². The first-order valence-corrected chi connectivity index (χ1v) is 10.6. The minimum Gasteiger partial charge on any atom is -0.369 e. The van der Waals surface area contributed by atoms with Crippen molar-refractivity contribution in [3.8, 4) is 0 Å². The summed E-state index contributed by atoms with van der Waals surface area (Å²) in [5.41, 5.74) is -0.577. The van der Waals surface area contributed by atoms with Gasteiger partial charge in [-0.05, 0) is 39.1 Å². The second kappa shape index (κ2) is 9.25. The Balaban J connectivity index is 1.71. The van der Waals surface area contributed by atoms with Gasteiger partial charge in [0.05, 0.1) is 17.0 Å². The molecule has 11 heteroatoms. The van der Waals surface area contributed by atoms with E-state index in [1.54, 1.807) is 17.0 Å². The summed E-state index contributed by atoms with van der Waals surface area (Å²) in [6.45, 7) is 6.80. The van der Waals surface area contributed by atoms with Crippen molar-refractivity contribution in [3.63, 3.8) is 0 Å². The lowest BCUT2D eigenvalue weighted by atomic mass is 10.1. The molecule has 0 spiro atoms. The fourth-order valence-corrected chi connectivity index (χ4v) is 3.99. The number of thioether (sulfide) groups is 1. The Morgan fingerprint density at radius 3 is 2.57 bits per heavy atom. The van der Waals surface area contributed by atoms with E-state index in [-0.39, 0.29) is 17.5 Å². The van der Waals surface area contributed by atoms with Gasteiger partial charge in [-0.2, -0.15) is 13.2 Å². The molecule has 0 radical (unpaired) electrons. The average molecular weight is 443 g/mol. The maximum Gasteiger partial charge on any atom is 0.418 e. The SMILES string of the molecule is CC(C)n1cnnc1SCC(=O)Nc1ccc(N2CCN(C)CC2)cc1C(F)(F)F. The van der Waals surface area contributed by atoms with Crippen LogP contribution in [0.25, 0.3) is 0 Å². The van der Waals surface area contributed by atoms with Crippen molar-refractivity contribution in [1.29, 1.82) is 0 Å². The van der Waals surface area contributed by atoms with Crippen LogP contribution in [0.1, 0.15) is 25.5 Å². The number of anilines is 2. The summed E-state index contributed by atoms with van der Waals surface area (Å²) in [6.07, 6.45) is -3.01. The molecule has 1 saturated heterocycles. The summed E-state index contributed by atoms with van der Waals surface area (Å²) in [4.78, 5) is 16.4. The normalized spacial score (nSPS) is 15.6. The molecule has 164 valence electrons. The molecular formula is C19H25F3N6OS. The van der Waals surface area contributed by atoms with Gasteiger partial charge in [-0.1, -0.05) is 11.8 Å². The summed E-state index contributed by atoms with van der Waals surface area (Å²) in [7, 11) is 1.98. The first kappa shape index (κ1) is 22.4. The Morgan fingerprint density at radius 1 is 1.23 bits per heavy atom. The highest BCUT2D eigenvalue weighted by Gasteiger charge is 2.35. The molecule has 3 rings (SSSR count). The molecule has 30 heavy (non-hydrogen) atoms. The Morgan fingerprint density at radius 2 is 1.93 bits per heavy atom. The molecule has 0 saturated carbocycles. The largest absolute Gasteiger partial charge is 0.418 e. The molecule has 1 amide bonds. The monoisotopic (exact) mass is 442 g/mol. The zero-order valence-electron chi connectivity index (χ0n) is 17.1. The standard InChI is InChI=1S/C19H25F3N6OS/c1-13(2)28-12-23-25-18(28)30-11-17(29)24-16-5-4-14(10-15(16)19(20,21)22)27-8-6-26(3)7-9-27/h4-5,10,12-13H,6-9,11H2,1-3H3,(H,24,29). The molecule has 1 fully saturated rings. The Kier molecular flexibility index (Phi) is 6.91. The highest BCUT2D eigenvalue weighted by Crippen LogP contribution is 2.37. The first-order chi connectivity index (χ1) is 14.1. The number of nitrogens with zero attached hydrogens (tertiary/aromatic N) is 5. The van der Waals surface area contributed by atoms with Gasteiger partial charge in [0.1, 0.15) is 6.33 Å². The lowest BCUT2D eigenvalue weighted by Gasteiger charge is -2.34. The third-order valence-corrected chi connectivity index (χ3v) is 5.84. The summed E-state index contributed by atoms with van der Waals surface area (Å²) >= 11 is 1.13. The van der Waals surface area contributed by atoms with Crippen molar-refractivity contribution < 1.29 is 18.0 Å². The average Bonchev–Trinajstić information content (AvgIpc) is 3.15. The van der Waals surface area contributed by atoms with Crippen molar-refractivity contribution >= 4 is 29.0 Å². The van der Waals surface area contributed by atoms with E-state index in [1.165, 1.54) is 6.07 Å². The van der Waals surface area contributed by atoms with Crippen molar-refractivity contribution in [2.45, 2.75) is 31.2 Å². The van der Waals surface area contributed by atoms with E-state index >= 15 is 0 Å². The van der Waals surface area contributed by atoms with Gasteiger partial charge in [-0.25, -0.2) is 0 Å². The zero-order valence-corrected chi connectivity index (χ0v) is 17.9. The van der Waals surface area contributed by atoms with E-state index in [1.807, 2.05) is 25.8 Å². The van der Waals surface area contributed by atoms with Crippen LogP contribution >= 0.6 is 11.8 Å². The number of amides is 1. The van der Waals surface area contributed by atoms with Gasteiger partial charge in [0.15, 0.2) is 5.16 Å². The lowest BCUT2D eigenvalue weighted by Crippen LogP contribution is -2.44. The van der Waals surface area contributed by atoms with Crippen LogP contribution in [-0.4, -0.2) is 64.6 Å². The number of hydrogen-bond donors (Lipinski definition) is 1. The Bertz CT molecular complexity index is 877. The maximum absolute atomic E-state index is 13.7. The molecule has 0 aliphatic carbocycles. The fraction of sp³-hybridized carbons (Fsp3) is 0.526. The van der Waals surface area contributed by atoms with E-state index in [4.69, 9.17) is 0 Å². The summed E-state index contributed by atoms with van der Waals surface area (Å²) in [5, 5.41) is 10.7. The first-order valence-electron chi connectivity index (χ1n) is 9.62. The lowest BCUT2D eigenvalue weighted by molar-refractivity contribution is -0.136. The van der Waals surface area contributed by atoms with Crippen molar-refractivity contribution in [1.82, 2.24) is 19.7 Å². The third-order valence-electron chi connectivity index (χ3n) is 4.88. The number of aromatic nitrogens is 3. The molecule has 0 atom stereocenters. The Labute approximate surface area is 177 Å². The zero-order chi connectivity index (χ0) is 21.9. The van der Waals surface area contributed by atoms with Crippen LogP contribution in [-0.2, 0) is 11.0 Å². The molecule has 7 nitrogen and oxygen atoms in total. The number of piperazine rings is 1. The predicted molar refractivity (Wildman–Crippen MR) is 111 cm³/mol. The summed E-state index contributed by atoms with van der Waals surface area (Å²) in [5.74, 6) is -0.598. The minimum absolute atomic E-state index is 0.0665. The van der Waals surface area contributed by atoms with Gasteiger partial charge >= 0.3 is 6.18 Å². The summed E-state index contributed by atoms with van der Waals surface area (Å²) < 4.78 is 42.8. The topological polar surface area (TPSA) is 66.3 Å². The van der Waals surface area contributed by atoms with Crippen LogP contribution in [0.15, 0.2) is 29.7 Å². The smallest absolute Gasteiger partial charge is 0.369 e. The molecule has 2 heterocycles. The molecule has 1 aliphatic rings. The van der Waals surface area contributed by atoms with Crippen LogP contribution in [0.3, 0.4) is 0 Å². The maximum atomic E-state index is 13.7. The number of alkyl halides is 3. The van der Waals surface area contributed by atoms with Gasteiger partial charge in [0, 0.05) is 37.9 Å². The number of carbonyl (C=O) groups is 1. The third kappa shape index (κ3) is 5.45. The number of hydrogen-bond acceptors (Lipinski definition) is 6. The van der Waals surface area contributed by atoms with Crippen LogP contribution in [0.5, 0.6) is 0 Å². The van der Waals surface area contributed by atoms with Crippen molar-refractivity contribution in [3.05, 3.63) is 30.1 Å². The fourth-order valence-electron chi connectivity index (χ4n) is 3.14. The number of carbonyl (C=O) groups excluding carboxylic acids is 1. The molecule has 2 aromatic rings. The van der Waals surface area contributed by atoms with Gasteiger partial charge in [0.25, 0.3) is 0 Å². The van der Waals surface area contributed by atoms with E-state index in [0.717, 1.165) is 30.9 Å². The second-order valence-corrected chi connectivity index (χ2v) is 8.41. The number of rotatable bonds is 6.